The number of nitrogen functional groups attached to an aromatic ring is 1. The van der Waals surface area contributed by atoms with Crippen molar-refractivity contribution in [3.63, 3.8) is 0 Å². The maximum absolute atomic E-state index is 13.2. The minimum Gasteiger partial charge on any atom is -0.395 e. The third-order valence-corrected chi connectivity index (χ3v) is 5.62. The quantitative estimate of drug-likeness (QED) is 0.530. The second-order valence-corrected chi connectivity index (χ2v) is 8.30. The zero-order valence-corrected chi connectivity index (χ0v) is 18.4. The van der Waals surface area contributed by atoms with Crippen LogP contribution in [-0.2, 0) is 11.2 Å². The topological polar surface area (TPSA) is 131 Å². The van der Waals surface area contributed by atoms with E-state index in [1.54, 1.807) is 6.92 Å². The first-order valence-electron chi connectivity index (χ1n) is 9.89. The predicted octanol–water partition coefficient (Wildman–Crippen LogP) is 2.06. The van der Waals surface area contributed by atoms with Crippen molar-refractivity contribution in [3.05, 3.63) is 46.5 Å². The Balaban J connectivity index is 2.22. The number of anilines is 1. The van der Waals surface area contributed by atoms with Crippen LogP contribution in [0.25, 0.3) is 0 Å². The molecule has 1 atom stereocenters. The van der Waals surface area contributed by atoms with E-state index in [-0.39, 0.29) is 22.2 Å². The van der Waals surface area contributed by atoms with Gasteiger partial charge in [0.25, 0.3) is 11.8 Å². The van der Waals surface area contributed by atoms with Crippen LogP contribution in [0.2, 0.25) is 0 Å². The second kappa shape index (κ2) is 10.7. The van der Waals surface area contributed by atoms with Crippen LogP contribution in [0.3, 0.4) is 0 Å². The van der Waals surface area contributed by atoms with Crippen LogP contribution in [0.4, 0.5) is 5.69 Å². The first-order chi connectivity index (χ1) is 14.2. The molecule has 162 valence electrons. The number of hydrogen-bond acceptors (Lipinski definition) is 6. The van der Waals surface area contributed by atoms with Crippen molar-refractivity contribution in [1.82, 2.24) is 14.6 Å². The van der Waals surface area contributed by atoms with Gasteiger partial charge in [-0.15, -0.1) is 0 Å². The highest BCUT2D eigenvalue weighted by Gasteiger charge is 2.30. The maximum Gasteiger partial charge on any atom is 0.270 e. The van der Waals surface area contributed by atoms with Gasteiger partial charge in [-0.05, 0) is 42.8 Å². The van der Waals surface area contributed by atoms with E-state index in [2.05, 4.69) is 23.5 Å². The lowest BCUT2D eigenvalue weighted by Gasteiger charge is -2.28. The molecule has 30 heavy (non-hydrogen) atoms. The number of carbonyl (C=O) groups excluding carboxylic acids is 3. The van der Waals surface area contributed by atoms with Crippen molar-refractivity contribution in [2.75, 3.05) is 18.8 Å². The van der Waals surface area contributed by atoms with Crippen LogP contribution in [0.5, 0.6) is 0 Å². The minimum absolute atomic E-state index is 0.0466. The molecule has 5 N–H and O–H groups in total. The zero-order valence-electron chi connectivity index (χ0n) is 17.6. The molecule has 0 bridgehead atoms. The highest BCUT2D eigenvalue weighted by atomic mass is 32.1. The van der Waals surface area contributed by atoms with E-state index in [0.29, 0.717) is 25.4 Å². The van der Waals surface area contributed by atoms with Crippen LogP contribution < -0.4 is 16.8 Å². The van der Waals surface area contributed by atoms with Gasteiger partial charge in [0.2, 0.25) is 5.91 Å². The SMILES string of the molecule is CC(C)CCNC(=O)C(C)N(CCc1ccccc1)C(=O)c1snc(C(N)=O)c1N. The van der Waals surface area contributed by atoms with E-state index < -0.39 is 17.9 Å². The summed E-state index contributed by atoms with van der Waals surface area (Å²) in [6, 6.07) is 8.96. The molecule has 9 heteroatoms. The lowest BCUT2D eigenvalue weighted by molar-refractivity contribution is -0.125. The van der Waals surface area contributed by atoms with Gasteiger partial charge in [0.15, 0.2) is 5.69 Å². The second-order valence-electron chi connectivity index (χ2n) is 7.52. The van der Waals surface area contributed by atoms with Crippen molar-refractivity contribution in [3.8, 4) is 0 Å². The molecule has 8 nitrogen and oxygen atoms in total. The summed E-state index contributed by atoms with van der Waals surface area (Å²) in [6.07, 6.45) is 1.41. The summed E-state index contributed by atoms with van der Waals surface area (Å²) in [5.41, 5.74) is 12.1. The third-order valence-electron chi connectivity index (χ3n) is 4.77. The van der Waals surface area contributed by atoms with E-state index in [4.69, 9.17) is 11.5 Å². The fourth-order valence-electron chi connectivity index (χ4n) is 2.90. The van der Waals surface area contributed by atoms with E-state index in [0.717, 1.165) is 23.5 Å². The van der Waals surface area contributed by atoms with Crippen LogP contribution in [0.1, 0.15) is 52.9 Å². The smallest absolute Gasteiger partial charge is 0.270 e. The molecule has 1 unspecified atom stereocenters. The first kappa shape index (κ1) is 23.3. The molecule has 0 spiro atoms. The molecule has 0 aliphatic heterocycles. The number of nitrogens with two attached hydrogens (primary N) is 2. The average molecular weight is 432 g/mol. The fraction of sp³-hybridized carbons (Fsp3) is 0.429. The predicted molar refractivity (Wildman–Crippen MR) is 118 cm³/mol. The summed E-state index contributed by atoms with van der Waals surface area (Å²) in [7, 11) is 0. The zero-order chi connectivity index (χ0) is 22.3. The van der Waals surface area contributed by atoms with Gasteiger partial charge in [0, 0.05) is 13.1 Å². The number of hydrogen-bond donors (Lipinski definition) is 3. The fourth-order valence-corrected chi connectivity index (χ4v) is 3.66. The van der Waals surface area contributed by atoms with Gasteiger partial charge in [-0.1, -0.05) is 44.2 Å². The summed E-state index contributed by atoms with van der Waals surface area (Å²) in [5, 5.41) is 2.89. The molecule has 0 radical (unpaired) electrons. The molecule has 1 aromatic carbocycles. The van der Waals surface area contributed by atoms with Crippen molar-refractivity contribution in [1.29, 1.82) is 0 Å². The Morgan fingerprint density at radius 3 is 2.40 bits per heavy atom. The normalized spacial score (nSPS) is 11.9. The first-order valence-corrected chi connectivity index (χ1v) is 10.7. The Morgan fingerprint density at radius 1 is 1.17 bits per heavy atom. The van der Waals surface area contributed by atoms with Crippen LogP contribution in [-0.4, -0.2) is 46.1 Å². The number of benzene rings is 1. The number of nitrogens with one attached hydrogen (secondary N) is 1. The molecule has 0 saturated carbocycles. The lowest BCUT2D eigenvalue weighted by Crippen LogP contribution is -2.49. The van der Waals surface area contributed by atoms with Crippen molar-refractivity contribution in [2.24, 2.45) is 11.7 Å². The van der Waals surface area contributed by atoms with Gasteiger partial charge >= 0.3 is 0 Å². The van der Waals surface area contributed by atoms with Gasteiger partial charge in [0.1, 0.15) is 10.9 Å². The van der Waals surface area contributed by atoms with E-state index in [1.165, 1.54) is 4.90 Å². The van der Waals surface area contributed by atoms with E-state index in [9.17, 15) is 14.4 Å². The summed E-state index contributed by atoms with van der Waals surface area (Å²) in [5.74, 6) is -1.02. The van der Waals surface area contributed by atoms with Gasteiger partial charge in [0.05, 0.1) is 5.69 Å². The largest absolute Gasteiger partial charge is 0.395 e. The number of amides is 3. The highest BCUT2D eigenvalue weighted by molar-refractivity contribution is 7.09. The van der Waals surface area contributed by atoms with E-state index in [1.807, 2.05) is 30.3 Å². The Morgan fingerprint density at radius 2 is 1.83 bits per heavy atom. The Hall–Kier alpha value is -2.94. The Bertz CT molecular complexity index is 882. The molecular formula is C21H29N5O3S. The molecule has 0 aliphatic carbocycles. The molecule has 2 aromatic rings. The number of aromatic nitrogens is 1. The van der Waals surface area contributed by atoms with Gasteiger partial charge < -0.3 is 21.7 Å². The molecule has 0 aliphatic rings. The number of primary amides is 1. The molecule has 0 saturated heterocycles. The summed E-state index contributed by atoms with van der Waals surface area (Å²) < 4.78 is 3.90. The summed E-state index contributed by atoms with van der Waals surface area (Å²) in [6.45, 7) is 6.68. The molecule has 2 rings (SSSR count). The van der Waals surface area contributed by atoms with Crippen molar-refractivity contribution in [2.45, 2.75) is 39.7 Å². The molecule has 3 amide bonds. The van der Waals surface area contributed by atoms with Crippen molar-refractivity contribution >= 4 is 34.9 Å². The number of nitrogens with zero attached hydrogens (tertiary/aromatic N) is 2. The van der Waals surface area contributed by atoms with Gasteiger partial charge in [-0.25, -0.2) is 0 Å². The summed E-state index contributed by atoms with van der Waals surface area (Å²) >= 11 is 0.815. The van der Waals surface area contributed by atoms with Crippen LogP contribution in [0.15, 0.2) is 30.3 Å². The molecule has 0 fully saturated rings. The summed E-state index contributed by atoms with van der Waals surface area (Å²) in [4.78, 5) is 38.9. The van der Waals surface area contributed by atoms with Gasteiger partial charge in [-0.3, -0.25) is 14.4 Å². The molecule has 1 heterocycles. The molecular weight excluding hydrogens is 402 g/mol. The Labute approximate surface area is 180 Å². The third kappa shape index (κ3) is 6.03. The lowest BCUT2D eigenvalue weighted by atomic mass is 10.1. The minimum atomic E-state index is -0.793. The van der Waals surface area contributed by atoms with Gasteiger partial charge in [-0.2, -0.15) is 4.37 Å². The highest BCUT2D eigenvalue weighted by Crippen LogP contribution is 2.24. The average Bonchev–Trinajstić information content (AvgIpc) is 3.09. The van der Waals surface area contributed by atoms with Crippen molar-refractivity contribution < 1.29 is 14.4 Å². The Kier molecular flexibility index (Phi) is 8.35. The number of rotatable bonds is 10. The number of carbonyl (C=O) groups is 3. The molecule has 1 aromatic heterocycles. The van der Waals surface area contributed by atoms with Crippen LogP contribution >= 0.6 is 11.5 Å². The standard InChI is InChI=1S/C21H29N5O3S/c1-13(2)9-11-24-20(28)14(3)26(12-10-15-7-5-4-6-8-15)21(29)18-16(22)17(19(23)27)25-30-18/h4-8,13-14H,9-12,22H2,1-3H3,(H2,23,27)(H,24,28). The monoisotopic (exact) mass is 431 g/mol. The van der Waals surface area contributed by atoms with Crippen LogP contribution in [0, 0.1) is 5.92 Å². The maximum atomic E-state index is 13.2. The van der Waals surface area contributed by atoms with E-state index >= 15 is 0 Å².